The average molecular weight is 317 g/mol. The summed E-state index contributed by atoms with van der Waals surface area (Å²) in [6, 6.07) is 13.5. The van der Waals surface area contributed by atoms with Crippen molar-refractivity contribution in [2.24, 2.45) is 0 Å². The van der Waals surface area contributed by atoms with Crippen molar-refractivity contribution in [3.8, 4) is 0 Å². The second kappa shape index (κ2) is 5.73. The Hall–Kier alpha value is -3.28. The van der Waals surface area contributed by atoms with Gasteiger partial charge in [0.05, 0.1) is 11.7 Å². The van der Waals surface area contributed by atoms with E-state index in [2.05, 4.69) is 15.1 Å². The number of pyridine rings is 1. The average Bonchev–Trinajstić information content (AvgIpc) is 3.05. The van der Waals surface area contributed by atoms with E-state index in [1.807, 2.05) is 36.4 Å². The van der Waals surface area contributed by atoms with E-state index < -0.39 is 0 Å². The van der Waals surface area contributed by atoms with Gasteiger partial charge in [-0.1, -0.05) is 24.3 Å². The summed E-state index contributed by atoms with van der Waals surface area (Å²) in [6.07, 6.45) is 5.07. The summed E-state index contributed by atoms with van der Waals surface area (Å²) in [5, 5.41) is 5.20. The van der Waals surface area contributed by atoms with Crippen LogP contribution in [-0.2, 0) is 6.54 Å². The number of amides is 1. The van der Waals surface area contributed by atoms with Crippen LogP contribution in [0.1, 0.15) is 16.1 Å². The molecule has 0 fully saturated rings. The second-order valence-electron chi connectivity index (χ2n) is 5.61. The maximum absolute atomic E-state index is 12.7. The topological polar surface area (TPSA) is 63.4 Å². The molecule has 0 saturated heterocycles. The molecule has 0 aliphatic heterocycles. The van der Waals surface area contributed by atoms with Crippen molar-refractivity contribution in [2.45, 2.75) is 6.54 Å². The van der Waals surface area contributed by atoms with E-state index in [1.54, 1.807) is 41.1 Å². The number of aromatic nitrogens is 4. The number of para-hydroxylation sites is 1. The van der Waals surface area contributed by atoms with Gasteiger partial charge in [0.2, 0.25) is 0 Å². The predicted octanol–water partition coefficient (Wildman–Crippen LogP) is 2.55. The molecule has 3 aromatic heterocycles. The van der Waals surface area contributed by atoms with Crippen LogP contribution in [0, 0.1) is 0 Å². The molecule has 1 amide bonds. The van der Waals surface area contributed by atoms with Crippen LogP contribution < -0.4 is 0 Å². The minimum absolute atomic E-state index is 0.145. The summed E-state index contributed by atoms with van der Waals surface area (Å²) in [6.45, 7) is 0.467. The Bertz CT molecular complexity index is 1000. The first-order chi connectivity index (χ1) is 11.7. The third kappa shape index (κ3) is 2.48. The minimum atomic E-state index is -0.145. The summed E-state index contributed by atoms with van der Waals surface area (Å²) in [4.78, 5) is 23.1. The SMILES string of the molecule is CN(Cc1cccc2cccnc12)C(=O)c1cn2ncccc2n1. The van der Waals surface area contributed by atoms with Crippen LogP contribution in [-0.4, -0.2) is 37.4 Å². The zero-order valence-corrected chi connectivity index (χ0v) is 13.1. The molecule has 4 aromatic rings. The van der Waals surface area contributed by atoms with E-state index in [9.17, 15) is 4.79 Å². The van der Waals surface area contributed by atoms with Crippen molar-refractivity contribution in [1.82, 2.24) is 24.5 Å². The molecule has 1 aromatic carbocycles. The molecule has 0 atom stereocenters. The maximum atomic E-state index is 12.7. The van der Waals surface area contributed by atoms with Gasteiger partial charge in [0, 0.05) is 31.4 Å². The number of carbonyl (C=O) groups is 1. The summed E-state index contributed by atoms with van der Waals surface area (Å²) in [5.74, 6) is -0.145. The molecule has 0 unspecified atom stereocenters. The number of fused-ring (bicyclic) bond motifs is 2. The van der Waals surface area contributed by atoms with Gasteiger partial charge in [0.25, 0.3) is 5.91 Å². The molecule has 0 bridgehead atoms. The molecule has 0 spiro atoms. The zero-order chi connectivity index (χ0) is 16.5. The molecule has 0 aliphatic rings. The highest BCUT2D eigenvalue weighted by atomic mass is 16.2. The van der Waals surface area contributed by atoms with Crippen LogP contribution in [0.4, 0.5) is 0 Å². The Morgan fingerprint density at radius 1 is 1.12 bits per heavy atom. The van der Waals surface area contributed by atoms with E-state index in [0.29, 0.717) is 17.9 Å². The molecule has 4 rings (SSSR count). The summed E-state index contributed by atoms with van der Waals surface area (Å²) in [5.41, 5.74) is 2.95. The van der Waals surface area contributed by atoms with Crippen LogP contribution in [0.3, 0.4) is 0 Å². The first-order valence-electron chi connectivity index (χ1n) is 7.61. The monoisotopic (exact) mass is 317 g/mol. The van der Waals surface area contributed by atoms with E-state index in [0.717, 1.165) is 16.5 Å². The third-order valence-corrected chi connectivity index (χ3v) is 3.93. The van der Waals surface area contributed by atoms with Gasteiger partial charge in [-0.2, -0.15) is 5.10 Å². The van der Waals surface area contributed by atoms with Crippen LogP contribution in [0.2, 0.25) is 0 Å². The number of imidazole rings is 1. The number of rotatable bonds is 3. The lowest BCUT2D eigenvalue weighted by atomic mass is 10.1. The van der Waals surface area contributed by atoms with E-state index >= 15 is 0 Å². The Morgan fingerprint density at radius 2 is 1.96 bits per heavy atom. The van der Waals surface area contributed by atoms with Crippen LogP contribution in [0.25, 0.3) is 16.6 Å². The molecule has 6 heteroatoms. The summed E-state index contributed by atoms with van der Waals surface area (Å²) < 4.78 is 1.60. The zero-order valence-electron chi connectivity index (χ0n) is 13.1. The van der Waals surface area contributed by atoms with E-state index in [1.165, 1.54) is 0 Å². The van der Waals surface area contributed by atoms with Crippen molar-refractivity contribution >= 4 is 22.5 Å². The van der Waals surface area contributed by atoms with Crippen molar-refractivity contribution in [3.05, 3.63) is 72.3 Å². The quantitative estimate of drug-likeness (QED) is 0.582. The number of hydrogen-bond acceptors (Lipinski definition) is 4. The van der Waals surface area contributed by atoms with Crippen molar-refractivity contribution in [3.63, 3.8) is 0 Å². The van der Waals surface area contributed by atoms with Gasteiger partial charge >= 0.3 is 0 Å². The number of carbonyl (C=O) groups excluding carboxylic acids is 1. The molecule has 3 heterocycles. The van der Waals surface area contributed by atoms with Crippen LogP contribution in [0.15, 0.2) is 61.1 Å². The van der Waals surface area contributed by atoms with Gasteiger partial charge in [0.1, 0.15) is 5.69 Å². The fraction of sp³-hybridized carbons (Fsp3) is 0.111. The van der Waals surface area contributed by atoms with E-state index in [-0.39, 0.29) is 5.91 Å². The van der Waals surface area contributed by atoms with Gasteiger partial charge in [-0.3, -0.25) is 9.78 Å². The fourth-order valence-electron chi connectivity index (χ4n) is 2.75. The van der Waals surface area contributed by atoms with Crippen LogP contribution in [0.5, 0.6) is 0 Å². The van der Waals surface area contributed by atoms with Crippen molar-refractivity contribution in [2.75, 3.05) is 7.05 Å². The van der Waals surface area contributed by atoms with Gasteiger partial charge < -0.3 is 4.90 Å². The van der Waals surface area contributed by atoms with Gasteiger partial charge in [0.15, 0.2) is 5.65 Å². The Balaban J connectivity index is 1.63. The molecule has 0 aliphatic carbocycles. The summed E-state index contributed by atoms with van der Waals surface area (Å²) >= 11 is 0. The Kier molecular flexibility index (Phi) is 3.42. The fourth-order valence-corrected chi connectivity index (χ4v) is 2.75. The molecule has 0 saturated carbocycles. The van der Waals surface area contributed by atoms with Gasteiger partial charge in [-0.15, -0.1) is 0 Å². The van der Waals surface area contributed by atoms with Gasteiger partial charge in [-0.25, -0.2) is 9.50 Å². The first kappa shape index (κ1) is 14.3. The highest BCUT2D eigenvalue weighted by Crippen LogP contribution is 2.18. The summed E-state index contributed by atoms with van der Waals surface area (Å²) in [7, 11) is 1.77. The lowest BCUT2D eigenvalue weighted by Gasteiger charge is -2.16. The highest BCUT2D eigenvalue weighted by molar-refractivity contribution is 5.93. The Labute approximate surface area is 138 Å². The maximum Gasteiger partial charge on any atom is 0.274 e. The highest BCUT2D eigenvalue weighted by Gasteiger charge is 2.17. The third-order valence-electron chi connectivity index (χ3n) is 3.93. The lowest BCUT2D eigenvalue weighted by Crippen LogP contribution is -2.26. The second-order valence-corrected chi connectivity index (χ2v) is 5.61. The van der Waals surface area contributed by atoms with Crippen LogP contribution >= 0.6 is 0 Å². The first-order valence-corrected chi connectivity index (χ1v) is 7.61. The predicted molar refractivity (Wildman–Crippen MR) is 90.5 cm³/mol. The molecule has 6 nitrogen and oxygen atoms in total. The normalized spacial score (nSPS) is 11.0. The number of nitrogens with zero attached hydrogens (tertiary/aromatic N) is 5. The molecular weight excluding hydrogens is 302 g/mol. The number of benzene rings is 1. The van der Waals surface area contributed by atoms with Crippen molar-refractivity contribution < 1.29 is 4.79 Å². The molecule has 24 heavy (non-hydrogen) atoms. The van der Waals surface area contributed by atoms with Gasteiger partial charge in [-0.05, 0) is 23.8 Å². The smallest absolute Gasteiger partial charge is 0.274 e. The minimum Gasteiger partial charge on any atom is -0.336 e. The largest absolute Gasteiger partial charge is 0.336 e. The number of hydrogen-bond donors (Lipinski definition) is 0. The molecule has 0 N–H and O–H groups in total. The molecule has 118 valence electrons. The van der Waals surface area contributed by atoms with Crippen molar-refractivity contribution in [1.29, 1.82) is 0 Å². The molecule has 0 radical (unpaired) electrons. The Morgan fingerprint density at radius 3 is 2.83 bits per heavy atom. The van der Waals surface area contributed by atoms with E-state index in [4.69, 9.17) is 0 Å². The standard InChI is InChI=1S/C18H15N5O/c1-22(11-14-6-2-5-13-7-3-9-19-17(13)14)18(24)15-12-23-16(21-15)8-4-10-20-23/h2-10,12H,11H2,1H3. The lowest BCUT2D eigenvalue weighted by molar-refractivity contribution is 0.0780. The molecular formula is C18H15N5O.